The Labute approximate surface area is 98.2 Å². The van der Waals surface area contributed by atoms with Gasteiger partial charge in [-0.15, -0.1) is 0 Å². The fraction of sp³-hybridized carbons (Fsp3) is 0.833. The summed E-state index contributed by atoms with van der Waals surface area (Å²) in [5, 5.41) is 5.75. The van der Waals surface area contributed by atoms with Gasteiger partial charge in [0.1, 0.15) is 0 Å². The van der Waals surface area contributed by atoms with E-state index in [2.05, 4.69) is 10.6 Å². The molecule has 0 heterocycles. The molecular formula is C12H24N2O2. The topological polar surface area (TPSA) is 58.2 Å². The first kappa shape index (κ1) is 15.1. The smallest absolute Gasteiger partial charge is 0.237 e. The summed E-state index contributed by atoms with van der Waals surface area (Å²) in [6.07, 6.45) is 1.59. The van der Waals surface area contributed by atoms with Crippen LogP contribution in [-0.4, -0.2) is 30.8 Å². The van der Waals surface area contributed by atoms with Gasteiger partial charge in [-0.1, -0.05) is 27.2 Å². The highest BCUT2D eigenvalue weighted by Gasteiger charge is 2.25. The van der Waals surface area contributed by atoms with Crippen LogP contribution >= 0.6 is 0 Å². The molecule has 0 aromatic carbocycles. The van der Waals surface area contributed by atoms with Gasteiger partial charge in [0.25, 0.3) is 0 Å². The molecule has 1 amide bonds. The van der Waals surface area contributed by atoms with E-state index in [4.69, 9.17) is 0 Å². The molecule has 0 aromatic heterocycles. The van der Waals surface area contributed by atoms with Gasteiger partial charge in [0.15, 0.2) is 5.78 Å². The molecule has 4 heteroatoms. The van der Waals surface area contributed by atoms with Gasteiger partial charge < -0.3 is 10.6 Å². The number of hydrogen-bond donors (Lipinski definition) is 2. The van der Waals surface area contributed by atoms with E-state index in [1.54, 1.807) is 7.05 Å². The Morgan fingerprint density at radius 1 is 1.19 bits per heavy atom. The minimum absolute atomic E-state index is 0.0219. The minimum atomic E-state index is -0.361. The highest BCUT2D eigenvalue weighted by Crippen LogP contribution is 2.09. The van der Waals surface area contributed by atoms with Gasteiger partial charge in [-0.2, -0.15) is 0 Å². The predicted octanol–water partition coefficient (Wildman–Crippen LogP) is 1.10. The first-order valence-electron chi connectivity index (χ1n) is 5.95. The number of Topliss-reactive ketones (excluding diaryl/α,β-unsaturated/α-hetero) is 1. The summed E-state index contributed by atoms with van der Waals surface area (Å²) in [7, 11) is 1.75. The first-order valence-corrected chi connectivity index (χ1v) is 5.95. The van der Waals surface area contributed by atoms with Crippen molar-refractivity contribution in [1.29, 1.82) is 0 Å². The maximum Gasteiger partial charge on any atom is 0.237 e. The number of likely N-dealkylation sites (N-methyl/N-ethyl adjacent to an activating group) is 1. The molecule has 0 aliphatic carbocycles. The van der Waals surface area contributed by atoms with Gasteiger partial charge >= 0.3 is 0 Å². The van der Waals surface area contributed by atoms with Crippen LogP contribution in [0.2, 0.25) is 0 Å². The number of carbonyl (C=O) groups is 2. The Kier molecular flexibility index (Phi) is 6.97. The van der Waals surface area contributed by atoms with Crippen LogP contribution in [0.3, 0.4) is 0 Å². The molecule has 0 bridgehead atoms. The normalized spacial score (nSPS) is 16.3. The lowest BCUT2D eigenvalue weighted by Gasteiger charge is -2.24. The Morgan fingerprint density at radius 3 is 2.06 bits per heavy atom. The van der Waals surface area contributed by atoms with Crippen molar-refractivity contribution in [3.05, 3.63) is 0 Å². The second-order valence-electron chi connectivity index (χ2n) is 4.23. The van der Waals surface area contributed by atoms with Crippen LogP contribution in [-0.2, 0) is 9.59 Å². The molecule has 3 atom stereocenters. The SMILES string of the molecule is CCC(NC)C(=O)NC(C(C)=O)[C@@H](C)CC. The molecule has 0 aromatic rings. The third kappa shape index (κ3) is 4.31. The van der Waals surface area contributed by atoms with Gasteiger partial charge in [0, 0.05) is 0 Å². The number of carbonyl (C=O) groups excluding carboxylic acids is 2. The predicted molar refractivity (Wildman–Crippen MR) is 65.2 cm³/mol. The molecule has 94 valence electrons. The van der Waals surface area contributed by atoms with Gasteiger partial charge in [0.05, 0.1) is 12.1 Å². The van der Waals surface area contributed by atoms with Crippen molar-refractivity contribution in [3.63, 3.8) is 0 Å². The van der Waals surface area contributed by atoms with E-state index in [0.29, 0.717) is 6.42 Å². The van der Waals surface area contributed by atoms with Crippen molar-refractivity contribution in [2.45, 2.75) is 52.6 Å². The van der Waals surface area contributed by atoms with Crippen molar-refractivity contribution in [2.24, 2.45) is 5.92 Å². The molecule has 0 radical (unpaired) electrons. The highest BCUT2D eigenvalue weighted by molar-refractivity contribution is 5.89. The minimum Gasteiger partial charge on any atom is -0.345 e. The zero-order valence-electron chi connectivity index (χ0n) is 11.0. The van der Waals surface area contributed by atoms with Crippen molar-refractivity contribution in [1.82, 2.24) is 10.6 Å². The lowest BCUT2D eigenvalue weighted by atomic mass is 9.95. The van der Waals surface area contributed by atoms with E-state index in [0.717, 1.165) is 6.42 Å². The van der Waals surface area contributed by atoms with Crippen LogP contribution in [0.5, 0.6) is 0 Å². The third-order valence-electron chi connectivity index (χ3n) is 3.02. The number of rotatable bonds is 7. The Balaban J connectivity index is 4.51. The monoisotopic (exact) mass is 228 g/mol. The summed E-state index contributed by atoms with van der Waals surface area (Å²) in [4.78, 5) is 23.3. The van der Waals surface area contributed by atoms with Crippen LogP contribution in [0.25, 0.3) is 0 Å². The summed E-state index contributed by atoms with van der Waals surface area (Å²) < 4.78 is 0. The van der Waals surface area contributed by atoms with Crippen LogP contribution in [0.4, 0.5) is 0 Å². The fourth-order valence-corrected chi connectivity index (χ4v) is 1.65. The molecule has 0 spiro atoms. The highest BCUT2D eigenvalue weighted by atomic mass is 16.2. The number of amides is 1. The maximum absolute atomic E-state index is 11.8. The van der Waals surface area contributed by atoms with E-state index in [-0.39, 0.29) is 29.7 Å². The second-order valence-corrected chi connectivity index (χ2v) is 4.23. The van der Waals surface area contributed by atoms with E-state index in [1.165, 1.54) is 6.92 Å². The number of hydrogen-bond acceptors (Lipinski definition) is 3. The van der Waals surface area contributed by atoms with Gasteiger partial charge in [-0.3, -0.25) is 9.59 Å². The molecule has 0 rings (SSSR count). The molecule has 0 saturated heterocycles. The first-order chi connectivity index (χ1) is 7.47. The van der Waals surface area contributed by atoms with E-state index in [1.807, 2.05) is 20.8 Å². The molecule has 0 aliphatic heterocycles. The van der Waals surface area contributed by atoms with Crippen molar-refractivity contribution < 1.29 is 9.59 Å². The van der Waals surface area contributed by atoms with Gasteiger partial charge in [-0.25, -0.2) is 0 Å². The Hall–Kier alpha value is -0.900. The molecule has 0 saturated carbocycles. The zero-order valence-corrected chi connectivity index (χ0v) is 11.0. The van der Waals surface area contributed by atoms with Crippen molar-refractivity contribution in [2.75, 3.05) is 7.05 Å². The summed E-state index contributed by atoms with van der Waals surface area (Å²) in [6.45, 7) is 7.46. The largest absolute Gasteiger partial charge is 0.345 e. The fourth-order valence-electron chi connectivity index (χ4n) is 1.65. The van der Waals surface area contributed by atoms with Gasteiger partial charge in [-0.05, 0) is 26.3 Å². The summed E-state index contributed by atoms with van der Waals surface area (Å²) in [6, 6.07) is -0.578. The zero-order chi connectivity index (χ0) is 12.7. The summed E-state index contributed by atoms with van der Waals surface area (Å²) >= 11 is 0. The Morgan fingerprint density at radius 2 is 1.75 bits per heavy atom. The molecular weight excluding hydrogens is 204 g/mol. The molecule has 16 heavy (non-hydrogen) atoms. The Bertz CT molecular complexity index is 237. The van der Waals surface area contributed by atoms with E-state index < -0.39 is 0 Å². The average molecular weight is 228 g/mol. The number of ketones is 1. The van der Waals surface area contributed by atoms with Crippen LogP contribution in [0.15, 0.2) is 0 Å². The lowest BCUT2D eigenvalue weighted by Crippen LogP contribution is -2.50. The van der Waals surface area contributed by atoms with Crippen LogP contribution < -0.4 is 10.6 Å². The summed E-state index contributed by atoms with van der Waals surface area (Å²) in [5.41, 5.74) is 0. The standard InChI is InChI=1S/C12H24N2O2/c1-6-8(3)11(9(4)15)14-12(16)10(7-2)13-5/h8,10-11,13H,6-7H2,1-5H3,(H,14,16)/t8-,10?,11?/m0/s1. The molecule has 0 fully saturated rings. The quantitative estimate of drug-likeness (QED) is 0.686. The second kappa shape index (κ2) is 7.39. The maximum atomic E-state index is 11.8. The van der Waals surface area contributed by atoms with Crippen LogP contribution in [0, 0.1) is 5.92 Å². The third-order valence-corrected chi connectivity index (χ3v) is 3.02. The molecule has 4 nitrogen and oxygen atoms in total. The van der Waals surface area contributed by atoms with Crippen molar-refractivity contribution >= 4 is 11.7 Å². The van der Waals surface area contributed by atoms with Crippen LogP contribution in [0.1, 0.15) is 40.5 Å². The van der Waals surface area contributed by atoms with E-state index >= 15 is 0 Å². The molecule has 2 unspecified atom stereocenters. The van der Waals surface area contributed by atoms with Crippen molar-refractivity contribution in [3.8, 4) is 0 Å². The molecule has 0 aliphatic rings. The molecule has 2 N–H and O–H groups in total. The summed E-state index contributed by atoms with van der Waals surface area (Å²) in [5.74, 6) is 0.106. The van der Waals surface area contributed by atoms with Gasteiger partial charge in [0.2, 0.25) is 5.91 Å². The van der Waals surface area contributed by atoms with E-state index in [9.17, 15) is 9.59 Å². The number of nitrogens with one attached hydrogen (secondary N) is 2. The lowest BCUT2D eigenvalue weighted by molar-refractivity contribution is -0.129. The average Bonchev–Trinajstić information content (AvgIpc) is 2.26.